The predicted molar refractivity (Wildman–Crippen MR) is 113 cm³/mol. The molecule has 27 heavy (non-hydrogen) atoms. The van der Waals surface area contributed by atoms with E-state index in [1.165, 1.54) is 18.4 Å². The fourth-order valence-corrected chi connectivity index (χ4v) is 4.09. The van der Waals surface area contributed by atoms with Crippen molar-refractivity contribution in [1.29, 1.82) is 0 Å². The number of carbonyl (C=O) groups is 1. The lowest BCUT2D eigenvalue weighted by Crippen LogP contribution is -2.45. The molecule has 1 aromatic rings. The average molecular weight is 374 g/mol. The van der Waals surface area contributed by atoms with Crippen LogP contribution in [0.25, 0.3) is 0 Å². The molecular formula is C24H39NO2. The van der Waals surface area contributed by atoms with Crippen molar-refractivity contribution in [3.05, 3.63) is 29.8 Å². The van der Waals surface area contributed by atoms with Crippen LogP contribution in [-0.4, -0.2) is 18.1 Å². The first kappa shape index (κ1) is 21.8. The van der Waals surface area contributed by atoms with Gasteiger partial charge in [0, 0.05) is 6.04 Å². The van der Waals surface area contributed by atoms with Crippen LogP contribution in [-0.2, 0) is 4.79 Å². The molecule has 2 unspecified atom stereocenters. The summed E-state index contributed by atoms with van der Waals surface area (Å²) >= 11 is 0. The second kappa shape index (κ2) is 9.61. The summed E-state index contributed by atoms with van der Waals surface area (Å²) in [4.78, 5) is 12.8. The number of para-hydroxylation sites is 1. The van der Waals surface area contributed by atoms with Crippen LogP contribution in [0.3, 0.4) is 0 Å². The fourth-order valence-electron chi connectivity index (χ4n) is 4.09. The van der Waals surface area contributed by atoms with Crippen molar-refractivity contribution in [1.82, 2.24) is 5.32 Å². The zero-order valence-electron chi connectivity index (χ0n) is 18.2. The third-order valence-electron chi connectivity index (χ3n) is 6.29. The Balaban J connectivity index is 1.96. The zero-order valence-corrected chi connectivity index (χ0v) is 18.2. The molecule has 152 valence electrons. The molecule has 3 nitrogen and oxygen atoms in total. The van der Waals surface area contributed by atoms with E-state index in [4.69, 9.17) is 4.74 Å². The average Bonchev–Trinajstić information content (AvgIpc) is 2.65. The fraction of sp³-hybridized carbons (Fsp3) is 0.708. The number of carbonyl (C=O) groups excluding carboxylic acids is 1. The summed E-state index contributed by atoms with van der Waals surface area (Å²) in [5.41, 5.74) is 1.56. The molecule has 1 saturated carbocycles. The Labute approximate surface area is 166 Å². The van der Waals surface area contributed by atoms with Gasteiger partial charge in [0.15, 0.2) is 6.10 Å². The van der Waals surface area contributed by atoms with Crippen LogP contribution in [0.2, 0.25) is 0 Å². The molecule has 0 heterocycles. The minimum atomic E-state index is -0.421. The standard InChI is InChI=1S/C24H39NO2/c1-7-17(3)20-11-9-10-12-22(20)27-21(8-2)23(26)25-19-15-13-18(14-16-19)24(4,5)6/h9-12,17-19,21H,7-8,13-16H2,1-6H3,(H,25,26). The van der Waals surface area contributed by atoms with Gasteiger partial charge in [0.05, 0.1) is 0 Å². The second-order valence-electron chi connectivity index (χ2n) is 9.29. The Morgan fingerprint density at radius 1 is 1.11 bits per heavy atom. The summed E-state index contributed by atoms with van der Waals surface area (Å²) in [7, 11) is 0. The third kappa shape index (κ3) is 5.99. The van der Waals surface area contributed by atoms with Crippen LogP contribution in [0.1, 0.15) is 91.5 Å². The molecule has 1 amide bonds. The van der Waals surface area contributed by atoms with Crippen molar-refractivity contribution < 1.29 is 9.53 Å². The number of hydrogen-bond donors (Lipinski definition) is 1. The van der Waals surface area contributed by atoms with E-state index in [0.29, 0.717) is 23.8 Å². The SMILES string of the molecule is CCC(Oc1ccccc1C(C)CC)C(=O)NC1CCC(C(C)(C)C)CC1. The minimum Gasteiger partial charge on any atom is -0.480 e. The van der Waals surface area contributed by atoms with Crippen LogP contribution < -0.4 is 10.1 Å². The summed E-state index contributed by atoms with van der Waals surface area (Å²) in [6.07, 6.45) is 5.86. The van der Waals surface area contributed by atoms with Gasteiger partial charge in [-0.15, -0.1) is 0 Å². The maximum absolute atomic E-state index is 12.8. The Bertz CT molecular complexity index is 597. The Kier molecular flexibility index (Phi) is 7.76. The Morgan fingerprint density at radius 3 is 2.30 bits per heavy atom. The van der Waals surface area contributed by atoms with Crippen LogP contribution in [0.15, 0.2) is 24.3 Å². The van der Waals surface area contributed by atoms with Gasteiger partial charge >= 0.3 is 0 Å². The Hall–Kier alpha value is -1.51. The van der Waals surface area contributed by atoms with E-state index in [1.807, 2.05) is 25.1 Å². The molecule has 2 rings (SSSR count). The number of nitrogens with one attached hydrogen (secondary N) is 1. The van der Waals surface area contributed by atoms with E-state index in [0.717, 1.165) is 30.9 Å². The number of amides is 1. The Morgan fingerprint density at radius 2 is 1.74 bits per heavy atom. The molecule has 0 aromatic heterocycles. The van der Waals surface area contributed by atoms with Crippen molar-refractivity contribution in [2.24, 2.45) is 11.3 Å². The lowest BCUT2D eigenvalue weighted by atomic mass is 9.71. The summed E-state index contributed by atoms with van der Waals surface area (Å²) in [6.45, 7) is 13.4. The van der Waals surface area contributed by atoms with Crippen LogP contribution in [0.5, 0.6) is 5.75 Å². The lowest BCUT2D eigenvalue weighted by molar-refractivity contribution is -0.129. The minimum absolute atomic E-state index is 0.0377. The van der Waals surface area contributed by atoms with E-state index < -0.39 is 6.10 Å². The first-order valence-electron chi connectivity index (χ1n) is 10.8. The summed E-state index contributed by atoms with van der Waals surface area (Å²) in [5.74, 6) is 2.07. The highest BCUT2D eigenvalue weighted by Crippen LogP contribution is 2.37. The largest absolute Gasteiger partial charge is 0.480 e. The first-order chi connectivity index (χ1) is 12.8. The summed E-state index contributed by atoms with van der Waals surface area (Å²) in [6, 6.07) is 8.43. The number of ether oxygens (including phenoxy) is 1. The highest BCUT2D eigenvalue weighted by Gasteiger charge is 2.31. The molecule has 1 aliphatic carbocycles. The van der Waals surface area contributed by atoms with Crippen molar-refractivity contribution in [3.63, 3.8) is 0 Å². The smallest absolute Gasteiger partial charge is 0.261 e. The van der Waals surface area contributed by atoms with E-state index in [-0.39, 0.29) is 5.91 Å². The van der Waals surface area contributed by atoms with Gasteiger partial charge in [0.2, 0.25) is 0 Å². The van der Waals surface area contributed by atoms with Gasteiger partial charge in [-0.25, -0.2) is 0 Å². The maximum Gasteiger partial charge on any atom is 0.261 e. The number of rotatable bonds is 7. The van der Waals surface area contributed by atoms with E-state index >= 15 is 0 Å². The highest BCUT2D eigenvalue weighted by atomic mass is 16.5. The van der Waals surface area contributed by atoms with Gasteiger partial charge < -0.3 is 10.1 Å². The molecule has 0 spiro atoms. The van der Waals surface area contributed by atoms with Gasteiger partial charge in [-0.2, -0.15) is 0 Å². The van der Waals surface area contributed by atoms with Crippen molar-refractivity contribution >= 4 is 5.91 Å². The molecule has 1 fully saturated rings. The van der Waals surface area contributed by atoms with Crippen LogP contribution in [0.4, 0.5) is 0 Å². The first-order valence-corrected chi connectivity index (χ1v) is 10.8. The van der Waals surface area contributed by atoms with Gasteiger partial charge in [-0.1, -0.05) is 59.7 Å². The molecule has 3 heteroatoms. The summed E-state index contributed by atoms with van der Waals surface area (Å²) < 4.78 is 6.18. The van der Waals surface area contributed by atoms with Crippen molar-refractivity contribution in [2.45, 2.75) is 98.1 Å². The third-order valence-corrected chi connectivity index (χ3v) is 6.29. The molecule has 0 saturated heterocycles. The van der Waals surface area contributed by atoms with Crippen LogP contribution >= 0.6 is 0 Å². The number of hydrogen-bond acceptors (Lipinski definition) is 2. The van der Waals surface area contributed by atoms with Gasteiger partial charge in [0.25, 0.3) is 5.91 Å². The predicted octanol–water partition coefficient (Wildman–Crippen LogP) is 6.08. The second-order valence-corrected chi connectivity index (χ2v) is 9.29. The van der Waals surface area contributed by atoms with Crippen molar-refractivity contribution in [3.8, 4) is 5.75 Å². The monoisotopic (exact) mass is 373 g/mol. The molecular weight excluding hydrogens is 334 g/mol. The normalized spacial score (nSPS) is 22.7. The van der Waals surface area contributed by atoms with Gasteiger partial charge in [-0.05, 0) is 67.4 Å². The van der Waals surface area contributed by atoms with E-state index in [9.17, 15) is 4.79 Å². The molecule has 0 radical (unpaired) electrons. The number of benzene rings is 1. The van der Waals surface area contributed by atoms with Gasteiger partial charge in [0.1, 0.15) is 5.75 Å². The van der Waals surface area contributed by atoms with E-state index in [2.05, 4.69) is 46.0 Å². The molecule has 0 aliphatic heterocycles. The topological polar surface area (TPSA) is 38.3 Å². The summed E-state index contributed by atoms with van der Waals surface area (Å²) in [5, 5.41) is 3.26. The van der Waals surface area contributed by atoms with Crippen molar-refractivity contribution in [2.75, 3.05) is 0 Å². The van der Waals surface area contributed by atoms with Crippen LogP contribution in [0, 0.1) is 11.3 Å². The lowest BCUT2D eigenvalue weighted by Gasteiger charge is -2.37. The highest BCUT2D eigenvalue weighted by molar-refractivity contribution is 5.81. The molecule has 2 atom stereocenters. The van der Waals surface area contributed by atoms with Gasteiger partial charge in [-0.3, -0.25) is 4.79 Å². The molecule has 1 aliphatic rings. The quantitative estimate of drug-likeness (QED) is 0.629. The molecule has 0 bridgehead atoms. The molecule has 1 aromatic carbocycles. The molecule has 1 N–H and O–H groups in total. The zero-order chi connectivity index (χ0) is 20.0. The van der Waals surface area contributed by atoms with E-state index in [1.54, 1.807) is 0 Å². The maximum atomic E-state index is 12.8.